The number of nitrogens with zero attached hydrogens (tertiary/aromatic N) is 4. The van der Waals surface area contributed by atoms with Crippen LogP contribution in [0.3, 0.4) is 0 Å². The third kappa shape index (κ3) is 2.71. The summed E-state index contributed by atoms with van der Waals surface area (Å²) in [6.07, 6.45) is 4.48. The number of allylic oxidation sites excluding steroid dienone is 1. The molecular formula is C25H16N4. The van der Waals surface area contributed by atoms with Gasteiger partial charge >= 0.3 is 0 Å². The van der Waals surface area contributed by atoms with Crippen molar-refractivity contribution in [1.29, 1.82) is 10.5 Å². The Kier molecular flexibility index (Phi) is 3.97. The molecule has 0 radical (unpaired) electrons. The number of benzene rings is 3. The van der Waals surface area contributed by atoms with Crippen LogP contribution in [0.25, 0.3) is 27.5 Å². The second-order valence-corrected chi connectivity index (χ2v) is 7.09. The summed E-state index contributed by atoms with van der Waals surface area (Å²) in [6.45, 7) is 0. The number of para-hydroxylation sites is 1. The maximum atomic E-state index is 9.46. The minimum atomic E-state index is -0.0248. The van der Waals surface area contributed by atoms with Gasteiger partial charge in [-0.15, -0.1) is 0 Å². The van der Waals surface area contributed by atoms with E-state index in [1.165, 1.54) is 0 Å². The van der Waals surface area contributed by atoms with E-state index in [0.717, 1.165) is 39.5 Å². The molecule has 1 aliphatic heterocycles. The second kappa shape index (κ2) is 6.78. The van der Waals surface area contributed by atoms with Gasteiger partial charge in [0.15, 0.2) is 0 Å². The van der Waals surface area contributed by atoms with Gasteiger partial charge in [0.2, 0.25) is 0 Å². The molecule has 0 saturated heterocycles. The van der Waals surface area contributed by atoms with Crippen LogP contribution >= 0.6 is 0 Å². The fraction of sp³-hybridized carbons (Fsp3) is 0.0800. The van der Waals surface area contributed by atoms with Gasteiger partial charge in [-0.25, -0.2) is 4.99 Å². The van der Waals surface area contributed by atoms with Crippen molar-refractivity contribution in [2.45, 2.75) is 12.3 Å². The fourth-order valence-corrected chi connectivity index (χ4v) is 4.13. The molecule has 1 atom stereocenters. The summed E-state index contributed by atoms with van der Waals surface area (Å²) in [7, 11) is 0. The van der Waals surface area contributed by atoms with E-state index < -0.39 is 0 Å². The lowest BCUT2D eigenvalue weighted by Gasteiger charge is -2.17. The van der Waals surface area contributed by atoms with Crippen LogP contribution in [0.2, 0.25) is 0 Å². The fourth-order valence-electron chi connectivity index (χ4n) is 4.13. The van der Waals surface area contributed by atoms with Crippen LogP contribution in [0, 0.1) is 22.7 Å². The highest BCUT2D eigenvalue weighted by Crippen LogP contribution is 2.34. The van der Waals surface area contributed by atoms with Crippen molar-refractivity contribution in [2.24, 2.45) is 4.99 Å². The minimum Gasteiger partial charge on any atom is -0.309 e. The molecule has 0 fully saturated rings. The zero-order valence-electron chi connectivity index (χ0n) is 15.6. The predicted molar refractivity (Wildman–Crippen MR) is 115 cm³/mol. The highest BCUT2D eigenvalue weighted by molar-refractivity contribution is 6.09. The Morgan fingerprint density at radius 1 is 0.862 bits per heavy atom. The van der Waals surface area contributed by atoms with E-state index in [0.29, 0.717) is 11.3 Å². The Bertz CT molecular complexity index is 1410. The average Bonchev–Trinajstić information content (AvgIpc) is 3.12. The van der Waals surface area contributed by atoms with Crippen LogP contribution < -0.4 is 0 Å². The summed E-state index contributed by atoms with van der Waals surface area (Å²) < 4.78 is 2.22. The molecule has 3 aromatic carbocycles. The maximum Gasteiger partial charge on any atom is 0.125 e. The Labute approximate surface area is 168 Å². The van der Waals surface area contributed by atoms with Gasteiger partial charge in [0.25, 0.3) is 0 Å². The number of fused-ring (bicyclic) bond motifs is 3. The van der Waals surface area contributed by atoms with Gasteiger partial charge in [0.05, 0.1) is 22.7 Å². The van der Waals surface area contributed by atoms with Crippen molar-refractivity contribution in [3.8, 4) is 17.8 Å². The van der Waals surface area contributed by atoms with Gasteiger partial charge in [0, 0.05) is 28.6 Å². The summed E-state index contributed by atoms with van der Waals surface area (Å²) in [6, 6.07) is 26.8. The van der Waals surface area contributed by atoms with Crippen LogP contribution in [0.4, 0.5) is 0 Å². The molecule has 2 heterocycles. The summed E-state index contributed by atoms with van der Waals surface area (Å²) in [5.74, 6) is -0.0248. The molecule has 4 aromatic rings. The van der Waals surface area contributed by atoms with E-state index in [-0.39, 0.29) is 5.92 Å². The normalized spacial score (nSPS) is 15.8. The lowest BCUT2D eigenvalue weighted by Crippen LogP contribution is -2.12. The molecule has 0 aliphatic carbocycles. The summed E-state index contributed by atoms with van der Waals surface area (Å²) in [5, 5.41) is 21.0. The SMILES string of the molecule is N#CC1=NC=CCC1c1cccc(-n2c3ccccc3c3cc(C#N)ccc32)c1. The van der Waals surface area contributed by atoms with Crippen molar-refractivity contribution in [3.63, 3.8) is 0 Å². The highest BCUT2D eigenvalue weighted by Gasteiger charge is 2.20. The molecule has 1 aliphatic rings. The minimum absolute atomic E-state index is 0.0248. The van der Waals surface area contributed by atoms with E-state index in [2.05, 4.69) is 52.0 Å². The molecule has 0 spiro atoms. The number of hydrogen-bond donors (Lipinski definition) is 0. The van der Waals surface area contributed by atoms with Crippen molar-refractivity contribution < 1.29 is 0 Å². The maximum absolute atomic E-state index is 9.46. The van der Waals surface area contributed by atoms with Crippen LogP contribution in [-0.4, -0.2) is 10.3 Å². The highest BCUT2D eigenvalue weighted by atomic mass is 15.0. The van der Waals surface area contributed by atoms with Crippen LogP contribution in [-0.2, 0) is 0 Å². The number of hydrogen-bond acceptors (Lipinski definition) is 3. The number of nitriles is 2. The number of aromatic nitrogens is 1. The second-order valence-electron chi connectivity index (χ2n) is 7.09. The molecule has 1 unspecified atom stereocenters. The standard InChI is InChI=1S/C25H16N4/c26-15-17-10-11-25-22(13-17)21-7-1-2-9-24(21)29(25)19-6-3-5-18(14-19)20-8-4-12-28-23(20)16-27/h1-7,9-14,20H,8H2. The molecule has 0 saturated carbocycles. The molecule has 1 aromatic heterocycles. The van der Waals surface area contributed by atoms with Gasteiger partial charge in [-0.3, -0.25) is 0 Å². The first-order chi connectivity index (χ1) is 14.3. The van der Waals surface area contributed by atoms with Gasteiger partial charge in [0.1, 0.15) is 11.8 Å². The Morgan fingerprint density at radius 3 is 2.59 bits per heavy atom. The molecule has 5 rings (SSSR count). The molecular weight excluding hydrogens is 356 g/mol. The molecule has 4 nitrogen and oxygen atoms in total. The van der Waals surface area contributed by atoms with Gasteiger partial charge in [-0.05, 0) is 48.4 Å². The molecule has 0 N–H and O–H groups in total. The third-order valence-electron chi connectivity index (χ3n) is 5.47. The largest absolute Gasteiger partial charge is 0.309 e. The number of rotatable bonds is 2. The Hall–Kier alpha value is -4.15. The van der Waals surface area contributed by atoms with Crippen LogP contribution in [0.5, 0.6) is 0 Å². The lowest BCUT2D eigenvalue weighted by molar-refractivity contribution is 0.892. The molecule has 0 bridgehead atoms. The van der Waals surface area contributed by atoms with Crippen LogP contribution in [0.1, 0.15) is 23.5 Å². The third-order valence-corrected chi connectivity index (χ3v) is 5.47. The molecule has 0 amide bonds. The Morgan fingerprint density at radius 2 is 1.72 bits per heavy atom. The monoisotopic (exact) mass is 372 g/mol. The quantitative estimate of drug-likeness (QED) is 0.458. The van der Waals surface area contributed by atoms with E-state index in [4.69, 9.17) is 0 Å². The van der Waals surface area contributed by atoms with Gasteiger partial charge in [-0.2, -0.15) is 10.5 Å². The lowest BCUT2D eigenvalue weighted by atomic mass is 9.90. The topological polar surface area (TPSA) is 64.9 Å². The zero-order valence-corrected chi connectivity index (χ0v) is 15.6. The average molecular weight is 372 g/mol. The van der Waals surface area contributed by atoms with Crippen molar-refractivity contribution >= 4 is 27.5 Å². The van der Waals surface area contributed by atoms with E-state index >= 15 is 0 Å². The first kappa shape index (κ1) is 17.0. The van der Waals surface area contributed by atoms with Crippen molar-refractivity contribution in [1.82, 2.24) is 4.57 Å². The van der Waals surface area contributed by atoms with E-state index in [1.54, 1.807) is 6.20 Å². The summed E-state index contributed by atoms with van der Waals surface area (Å²) in [5.41, 5.74) is 5.45. The smallest absolute Gasteiger partial charge is 0.125 e. The van der Waals surface area contributed by atoms with Crippen molar-refractivity contribution in [2.75, 3.05) is 0 Å². The molecule has 29 heavy (non-hydrogen) atoms. The summed E-state index contributed by atoms with van der Waals surface area (Å²) >= 11 is 0. The molecule has 136 valence electrons. The predicted octanol–water partition coefficient (Wildman–Crippen LogP) is 5.62. The van der Waals surface area contributed by atoms with Crippen LogP contribution in [0.15, 0.2) is 84.0 Å². The van der Waals surface area contributed by atoms with Crippen molar-refractivity contribution in [3.05, 3.63) is 90.1 Å². The van der Waals surface area contributed by atoms with Gasteiger partial charge in [-0.1, -0.05) is 36.4 Å². The zero-order chi connectivity index (χ0) is 19.8. The Balaban J connectivity index is 1.75. The first-order valence-corrected chi connectivity index (χ1v) is 9.46. The summed E-state index contributed by atoms with van der Waals surface area (Å²) in [4.78, 5) is 4.25. The van der Waals surface area contributed by atoms with Gasteiger partial charge < -0.3 is 4.57 Å². The first-order valence-electron chi connectivity index (χ1n) is 9.46. The van der Waals surface area contributed by atoms with E-state index in [1.807, 2.05) is 42.5 Å². The molecule has 4 heteroatoms. The number of aliphatic imine (C=N–C) groups is 1. The van der Waals surface area contributed by atoms with E-state index in [9.17, 15) is 10.5 Å².